The Morgan fingerprint density at radius 2 is 2.07 bits per heavy atom. The van der Waals surface area contributed by atoms with Crippen molar-refractivity contribution in [2.45, 2.75) is 27.2 Å². The fourth-order valence-electron chi connectivity index (χ4n) is 1.46. The average Bonchev–Trinajstić information content (AvgIpc) is 2.43. The predicted octanol–water partition coefficient (Wildman–Crippen LogP) is 3.81. The second-order valence-corrected chi connectivity index (χ2v) is 3.79. The van der Waals surface area contributed by atoms with E-state index in [1.54, 1.807) is 0 Å². The summed E-state index contributed by atoms with van der Waals surface area (Å²) in [4.78, 5) is 4.23. The quantitative estimate of drug-likeness (QED) is 0.596. The van der Waals surface area contributed by atoms with E-state index in [4.69, 9.17) is 0 Å². The summed E-state index contributed by atoms with van der Waals surface area (Å²) < 4.78 is 0. The Morgan fingerprint density at radius 1 is 1.43 bits per heavy atom. The van der Waals surface area contributed by atoms with Crippen LogP contribution in [0.2, 0.25) is 0 Å². The van der Waals surface area contributed by atoms with Crippen LogP contribution in [0, 0.1) is 0 Å². The van der Waals surface area contributed by atoms with Crippen molar-refractivity contribution in [2.75, 3.05) is 0 Å². The lowest BCUT2D eigenvalue weighted by Crippen LogP contribution is -1.91. The molecule has 1 heteroatoms. The molecule has 0 fully saturated rings. The Hall–Kier alpha value is -1.37. The van der Waals surface area contributed by atoms with E-state index in [0.29, 0.717) is 0 Å². The van der Waals surface area contributed by atoms with E-state index >= 15 is 0 Å². The highest BCUT2D eigenvalue weighted by atomic mass is 14.7. The van der Waals surface area contributed by atoms with Gasteiger partial charge in [-0.05, 0) is 38.3 Å². The second kappa shape index (κ2) is 4.23. The minimum atomic E-state index is 0.832. The van der Waals surface area contributed by atoms with Gasteiger partial charge >= 0.3 is 0 Å². The first kappa shape index (κ1) is 10.7. The maximum absolute atomic E-state index is 4.23. The first-order valence-electron chi connectivity index (χ1n) is 4.78. The third-order valence-corrected chi connectivity index (χ3v) is 2.24. The normalized spacial score (nSPS) is 16.4. The second-order valence-electron chi connectivity index (χ2n) is 3.79. The van der Waals surface area contributed by atoms with Gasteiger partial charge < -0.3 is 0 Å². The molecule has 0 aliphatic heterocycles. The first-order chi connectivity index (χ1) is 6.52. The standard InChI is InChI=1S/C13H17N/c1-9(2)12-7-6-11(5)13(12)8-14-10(3)4/h7-8H,1,3,6H2,2,4-5H3. The summed E-state index contributed by atoms with van der Waals surface area (Å²) in [6.45, 7) is 13.8. The monoisotopic (exact) mass is 187 g/mol. The Balaban J connectivity index is 2.95. The van der Waals surface area contributed by atoms with Gasteiger partial charge in [0.15, 0.2) is 0 Å². The highest BCUT2D eigenvalue weighted by Crippen LogP contribution is 2.28. The third kappa shape index (κ3) is 2.32. The van der Waals surface area contributed by atoms with E-state index in [9.17, 15) is 0 Å². The highest BCUT2D eigenvalue weighted by Gasteiger charge is 2.12. The number of hydrogen-bond donors (Lipinski definition) is 0. The molecular formula is C13H17N. The van der Waals surface area contributed by atoms with Gasteiger partial charge in [-0.25, -0.2) is 0 Å². The van der Waals surface area contributed by atoms with Crippen LogP contribution >= 0.6 is 0 Å². The highest BCUT2D eigenvalue weighted by molar-refractivity contribution is 5.89. The van der Waals surface area contributed by atoms with Crippen LogP contribution in [0.4, 0.5) is 0 Å². The molecule has 74 valence electrons. The van der Waals surface area contributed by atoms with Crippen molar-refractivity contribution in [1.29, 1.82) is 0 Å². The molecule has 0 saturated carbocycles. The first-order valence-corrected chi connectivity index (χ1v) is 4.78. The summed E-state index contributed by atoms with van der Waals surface area (Å²) in [5.41, 5.74) is 5.73. The molecule has 0 N–H and O–H groups in total. The van der Waals surface area contributed by atoms with Crippen LogP contribution in [-0.4, -0.2) is 6.21 Å². The molecule has 1 aliphatic rings. The van der Waals surface area contributed by atoms with Gasteiger partial charge in [-0.15, -0.1) is 0 Å². The Bertz CT molecular complexity index is 365. The molecule has 0 spiro atoms. The minimum Gasteiger partial charge on any atom is -0.262 e. The zero-order chi connectivity index (χ0) is 10.7. The third-order valence-electron chi connectivity index (χ3n) is 2.24. The molecule has 0 aromatic rings. The summed E-state index contributed by atoms with van der Waals surface area (Å²) in [5.74, 6) is 0. The molecule has 1 nitrogen and oxygen atoms in total. The molecule has 1 rings (SSSR count). The van der Waals surface area contributed by atoms with Crippen LogP contribution < -0.4 is 0 Å². The van der Waals surface area contributed by atoms with Gasteiger partial charge in [-0.1, -0.05) is 30.4 Å². The number of nitrogens with zero attached hydrogens (tertiary/aromatic N) is 1. The fourth-order valence-corrected chi connectivity index (χ4v) is 1.46. The summed E-state index contributed by atoms with van der Waals surface area (Å²) in [6, 6.07) is 0. The molecule has 0 unspecified atom stereocenters. The molecule has 14 heavy (non-hydrogen) atoms. The molecular weight excluding hydrogens is 170 g/mol. The Labute approximate surface area is 86.2 Å². The van der Waals surface area contributed by atoms with E-state index in [0.717, 1.165) is 17.7 Å². The molecule has 1 aliphatic carbocycles. The smallest absolute Gasteiger partial charge is 0.0348 e. The van der Waals surface area contributed by atoms with Gasteiger partial charge in [-0.3, -0.25) is 4.99 Å². The molecule has 0 aromatic heterocycles. The van der Waals surface area contributed by atoms with Crippen LogP contribution in [0.3, 0.4) is 0 Å². The van der Waals surface area contributed by atoms with E-state index in [-0.39, 0.29) is 0 Å². The van der Waals surface area contributed by atoms with Crippen molar-refractivity contribution in [3.63, 3.8) is 0 Å². The Morgan fingerprint density at radius 3 is 2.57 bits per heavy atom. The van der Waals surface area contributed by atoms with Gasteiger partial charge in [0.1, 0.15) is 0 Å². The topological polar surface area (TPSA) is 12.4 Å². The van der Waals surface area contributed by atoms with Crippen molar-refractivity contribution in [3.8, 4) is 0 Å². The summed E-state index contributed by atoms with van der Waals surface area (Å²) in [7, 11) is 0. The lowest BCUT2D eigenvalue weighted by atomic mass is 10.0. The van der Waals surface area contributed by atoms with E-state index in [1.807, 2.05) is 20.1 Å². The number of aliphatic imine (C=N–C) groups is 1. The van der Waals surface area contributed by atoms with Gasteiger partial charge in [0.05, 0.1) is 0 Å². The van der Waals surface area contributed by atoms with Gasteiger partial charge in [0.25, 0.3) is 0 Å². The number of rotatable bonds is 3. The molecule has 0 aromatic carbocycles. The minimum absolute atomic E-state index is 0.832. The maximum Gasteiger partial charge on any atom is 0.0348 e. The molecule has 0 amide bonds. The van der Waals surface area contributed by atoms with Crippen LogP contribution in [0.25, 0.3) is 0 Å². The van der Waals surface area contributed by atoms with Crippen LogP contribution in [0.15, 0.2) is 52.2 Å². The van der Waals surface area contributed by atoms with Crippen LogP contribution in [-0.2, 0) is 0 Å². The summed E-state index contributed by atoms with van der Waals surface area (Å²) in [6.07, 6.45) is 5.11. The van der Waals surface area contributed by atoms with E-state index < -0.39 is 0 Å². The van der Waals surface area contributed by atoms with Crippen LogP contribution in [0.1, 0.15) is 27.2 Å². The number of hydrogen-bond acceptors (Lipinski definition) is 1. The van der Waals surface area contributed by atoms with Gasteiger partial charge in [0, 0.05) is 11.9 Å². The van der Waals surface area contributed by atoms with Crippen LogP contribution in [0.5, 0.6) is 0 Å². The predicted molar refractivity (Wildman–Crippen MR) is 63.5 cm³/mol. The summed E-state index contributed by atoms with van der Waals surface area (Å²) in [5, 5.41) is 0. The zero-order valence-electron chi connectivity index (χ0n) is 9.22. The molecule has 0 bridgehead atoms. The van der Waals surface area contributed by atoms with Crippen molar-refractivity contribution in [3.05, 3.63) is 47.2 Å². The zero-order valence-corrected chi connectivity index (χ0v) is 9.22. The molecule has 0 radical (unpaired) electrons. The lowest BCUT2D eigenvalue weighted by molar-refractivity contribution is 1.24. The van der Waals surface area contributed by atoms with Crippen molar-refractivity contribution < 1.29 is 0 Å². The molecule has 0 atom stereocenters. The van der Waals surface area contributed by atoms with Gasteiger partial charge in [0.2, 0.25) is 0 Å². The van der Waals surface area contributed by atoms with Gasteiger partial charge in [-0.2, -0.15) is 0 Å². The largest absolute Gasteiger partial charge is 0.262 e. The van der Waals surface area contributed by atoms with Crippen molar-refractivity contribution >= 4 is 6.21 Å². The average molecular weight is 187 g/mol. The lowest BCUT2D eigenvalue weighted by Gasteiger charge is -2.04. The fraction of sp³-hybridized carbons (Fsp3) is 0.308. The molecule has 0 heterocycles. The molecule has 0 saturated heterocycles. The van der Waals surface area contributed by atoms with Crippen molar-refractivity contribution in [2.24, 2.45) is 4.99 Å². The van der Waals surface area contributed by atoms with E-state index in [2.05, 4.69) is 31.2 Å². The summed E-state index contributed by atoms with van der Waals surface area (Å²) >= 11 is 0. The van der Waals surface area contributed by atoms with Crippen molar-refractivity contribution in [1.82, 2.24) is 0 Å². The number of allylic oxidation sites excluding steroid dienone is 6. The maximum atomic E-state index is 4.23. The SMILES string of the molecule is C=C(C)N=CC1=C(C)CC=C1C(=C)C. The Kier molecular flexibility index (Phi) is 3.23. The van der Waals surface area contributed by atoms with E-state index in [1.165, 1.54) is 16.7 Å².